The van der Waals surface area contributed by atoms with E-state index >= 15 is 0 Å². The lowest BCUT2D eigenvalue weighted by atomic mass is 10.0. The third-order valence-electron chi connectivity index (χ3n) is 5.09. The number of carbonyl (C=O) groups is 1. The van der Waals surface area contributed by atoms with Crippen LogP contribution in [-0.4, -0.2) is 43.4 Å². The van der Waals surface area contributed by atoms with E-state index in [9.17, 15) is 4.79 Å². The second-order valence-corrected chi connectivity index (χ2v) is 7.16. The van der Waals surface area contributed by atoms with Gasteiger partial charge < -0.3 is 15.5 Å². The summed E-state index contributed by atoms with van der Waals surface area (Å²) < 4.78 is 0. The molecule has 1 heterocycles. The van der Waals surface area contributed by atoms with Crippen LogP contribution in [0, 0.1) is 0 Å². The number of aliphatic imine (C=N–C) groups is 1. The molecule has 5 nitrogen and oxygen atoms in total. The number of halogens is 1. The van der Waals surface area contributed by atoms with Crippen LogP contribution in [0.25, 0.3) is 6.08 Å². The summed E-state index contributed by atoms with van der Waals surface area (Å²) in [7, 11) is 1.83. The first-order chi connectivity index (χ1) is 14.2. The summed E-state index contributed by atoms with van der Waals surface area (Å²) in [5.41, 5.74) is 4.58. The molecule has 1 aliphatic heterocycles. The van der Waals surface area contributed by atoms with E-state index in [2.05, 4.69) is 50.9 Å². The van der Waals surface area contributed by atoms with E-state index in [4.69, 9.17) is 0 Å². The van der Waals surface area contributed by atoms with Gasteiger partial charge in [0.1, 0.15) is 0 Å². The summed E-state index contributed by atoms with van der Waals surface area (Å²) in [5, 5.41) is 6.27. The Morgan fingerprint density at radius 3 is 2.30 bits per heavy atom. The standard InChI is InChI=1S/C24H30N4O.HI/c1-3-26-23(29)22-11-9-21(10-12-22)18-27-24(25-2)28-15-13-20(14-16-28)17-19-7-5-4-6-8-19;/h4-12,17H,3,13-16,18H2,1-2H3,(H,25,27)(H,26,29);1H. The fourth-order valence-corrected chi connectivity index (χ4v) is 3.49. The van der Waals surface area contributed by atoms with Gasteiger partial charge in [-0.05, 0) is 43.0 Å². The maximum Gasteiger partial charge on any atom is 0.251 e. The molecular weight excluding hydrogens is 487 g/mol. The lowest BCUT2D eigenvalue weighted by molar-refractivity contribution is 0.0956. The molecule has 0 atom stereocenters. The fraction of sp³-hybridized carbons (Fsp3) is 0.333. The lowest BCUT2D eigenvalue weighted by Gasteiger charge is -2.31. The van der Waals surface area contributed by atoms with Crippen molar-refractivity contribution in [3.05, 3.63) is 76.9 Å². The smallest absolute Gasteiger partial charge is 0.251 e. The maximum absolute atomic E-state index is 11.9. The van der Waals surface area contributed by atoms with Crippen LogP contribution in [0.3, 0.4) is 0 Å². The molecule has 0 aromatic heterocycles. The molecule has 0 unspecified atom stereocenters. The van der Waals surface area contributed by atoms with Crippen molar-refractivity contribution < 1.29 is 4.79 Å². The molecule has 160 valence electrons. The van der Waals surface area contributed by atoms with Crippen LogP contribution in [0.2, 0.25) is 0 Å². The van der Waals surface area contributed by atoms with E-state index in [1.54, 1.807) is 0 Å². The van der Waals surface area contributed by atoms with Gasteiger partial charge in [-0.3, -0.25) is 9.79 Å². The molecule has 1 saturated heterocycles. The molecule has 3 rings (SSSR count). The van der Waals surface area contributed by atoms with Crippen molar-refractivity contribution >= 4 is 41.9 Å². The van der Waals surface area contributed by atoms with Gasteiger partial charge in [-0.15, -0.1) is 24.0 Å². The van der Waals surface area contributed by atoms with E-state index in [0.29, 0.717) is 18.7 Å². The molecule has 0 spiro atoms. The second kappa shape index (κ2) is 12.4. The first-order valence-corrected chi connectivity index (χ1v) is 10.3. The number of benzene rings is 2. The Morgan fingerprint density at radius 2 is 1.70 bits per heavy atom. The van der Waals surface area contributed by atoms with Gasteiger partial charge >= 0.3 is 0 Å². The molecule has 30 heavy (non-hydrogen) atoms. The number of hydrogen-bond acceptors (Lipinski definition) is 2. The monoisotopic (exact) mass is 518 g/mol. The zero-order chi connectivity index (χ0) is 20.5. The zero-order valence-electron chi connectivity index (χ0n) is 17.7. The number of amides is 1. The first kappa shape index (κ1) is 23.9. The highest BCUT2D eigenvalue weighted by Gasteiger charge is 2.17. The number of carbonyl (C=O) groups excluding carboxylic acids is 1. The zero-order valence-corrected chi connectivity index (χ0v) is 20.1. The summed E-state index contributed by atoms with van der Waals surface area (Å²) in [6.07, 6.45) is 4.41. The van der Waals surface area contributed by atoms with Gasteiger partial charge in [0.15, 0.2) is 5.96 Å². The minimum atomic E-state index is -0.0319. The summed E-state index contributed by atoms with van der Waals surface area (Å²) in [4.78, 5) is 18.6. The number of guanidine groups is 1. The Bertz CT molecular complexity index is 853. The number of piperidine rings is 1. The molecule has 1 amide bonds. The predicted molar refractivity (Wildman–Crippen MR) is 135 cm³/mol. The van der Waals surface area contributed by atoms with Crippen LogP contribution in [0.15, 0.2) is 65.2 Å². The number of nitrogens with one attached hydrogen (secondary N) is 2. The van der Waals surface area contributed by atoms with Crippen molar-refractivity contribution in [2.45, 2.75) is 26.3 Å². The van der Waals surface area contributed by atoms with Gasteiger partial charge in [0.2, 0.25) is 0 Å². The Labute approximate surface area is 196 Å². The van der Waals surface area contributed by atoms with E-state index in [0.717, 1.165) is 37.5 Å². The Hall–Kier alpha value is -2.35. The summed E-state index contributed by atoms with van der Waals surface area (Å²) >= 11 is 0. The number of rotatable bonds is 5. The Kier molecular flexibility index (Phi) is 9.86. The quantitative estimate of drug-likeness (QED) is 0.353. The molecule has 0 bridgehead atoms. The largest absolute Gasteiger partial charge is 0.352 e. The predicted octanol–water partition coefficient (Wildman–Crippen LogP) is 4.31. The van der Waals surface area contributed by atoms with Gasteiger partial charge in [-0.25, -0.2) is 0 Å². The Morgan fingerprint density at radius 1 is 1.03 bits per heavy atom. The normalized spacial score (nSPS) is 14.0. The van der Waals surface area contributed by atoms with Crippen LogP contribution < -0.4 is 10.6 Å². The van der Waals surface area contributed by atoms with Crippen molar-refractivity contribution in [3.63, 3.8) is 0 Å². The van der Waals surface area contributed by atoms with Gasteiger partial charge in [-0.1, -0.05) is 54.1 Å². The third-order valence-corrected chi connectivity index (χ3v) is 5.09. The molecule has 0 aliphatic carbocycles. The van der Waals surface area contributed by atoms with E-state index in [1.165, 1.54) is 11.1 Å². The van der Waals surface area contributed by atoms with Crippen LogP contribution in [0.5, 0.6) is 0 Å². The highest BCUT2D eigenvalue weighted by Crippen LogP contribution is 2.19. The first-order valence-electron chi connectivity index (χ1n) is 10.3. The molecule has 2 aromatic rings. The fourth-order valence-electron chi connectivity index (χ4n) is 3.49. The molecule has 1 aliphatic rings. The van der Waals surface area contributed by atoms with Gasteiger partial charge in [-0.2, -0.15) is 0 Å². The third kappa shape index (κ3) is 6.86. The van der Waals surface area contributed by atoms with Gasteiger partial charge in [0.05, 0.1) is 0 Å². The van der Waals surface area contributed by atoms with E-state index < -0.39 is 0 Å². The van der Waals surface area contributed by atoms with Crippen molar-refractivity contribution in [1.82, 2.24) is 15.5 Å². The van der Waals surface area contributed by atoms with Crippen LogP contribution in [-0.2, 0) is 6.54 Å². The average molecular weight is 518 g/mol. The lowest BCUT2D eigenvalue weighted by Crippen LogP contribution is -2.44. The molecule has 0 saturated carbocycles. The van der Waals surface area contributed by atoms with E-state index in [1.807, 2.05) is 44.3 Å². The highest BCUT2D eigenvalue weighted by molar-refractivity contribution is 14.0. The van der Waals surface area contributed by atoms with Crippen LogP contribution in [0.1, 0.15) is 41.3 Å². The molecule has 1 fully saturated rings. The van der Waals surface area contributed by atoms with Crippen molar-refractivity contribution in [2.24, 2.45) is 4.99 Å². The number of nitrogens with zero attached hydrogens (tertiary/aromatic N) is 2. The molecule has 0 radical (unpaired) electrons. The molecule has 2 aromatic carbocycles. The molecule has 6 heteroatoms. The number of hydrogen-bond donors (Lipinski definition) is 2. The van der Waals surface area contributed by atoms with Crippen molar-refractivity contribution in [2.75, 3.05) is 26.7 Å². The molecular formula is C24H31IN4O. The summed E-state index contributed by atoms with van der Waals surface area (Å²) in [6, 6.07) is 18.2. The Balaban J connectivity index is 0.00000320. The van der Waals surface area contributed by atoms with Gasteiger partial charge in [0, 0.05) is 38.8 Å². The maximum atomic E-state index is 11.9. The van der Waals surface area contributed by atoms with Crippen LogP contribution in [0.4, 0.5) is 0 Å². The summed E-state index contributed by atoms with van der Waals surface area (Å²) in [5.74, 6) is 0.895. The SMILES string of the molecule is CCNC(=O)c1ccc(CNC(=NC)N2CCC(=Cc3ccccc3)CC2)cc1.I. The van der Waals surface area contributed by atoms with Crippen molar-refractivity contribution in [3.8, 4) is 0 Å². The van der Waals surface area contributed by atoms with Crippen molar-refractivity contribution in [1.29, 1.82) is 0 Å². The summed E-state index contributed by atoms with van der Waals surface area (Å²) in [6.45, 7) is 5.17. The van der Waals surface area contributed by atoms with E-state index in [-0.39, 0.29) is 29.9 Å². The molecule has 2 N–H and O–H groups in total. The van der Waals surface area contributed by atoms with Crippen LogP contribution >= 0.6 is 24.0 Å². The number of likely N-dealkylation sites (tertiary alicyclic amines) is 1. The minimum absolute atomic E-state index is 0. The average Bonchev–Trinajstić information content (AvgIpc) is 2.76. The highest BCUT2D eigenvalue weighted by atomic mass is 127. The second-order valence-electron chi connectivity index (χ2n) is 7.16. The minimum Gasteiger partial charge on any atom is -0.352 e. The topological polar surface area (TPSA) is 56.7 Å². The van der Waals surface area contributed by atoms with Gasteiger partial charge in [0.25, 0.3) is 5.91 Å².